The molecule has 245 valence electrons. The van der Waals surface area contributed by atoms with Gasteiger partial charge in [0.05, 0.1) is 30.5 Å². The maximum atomic E-state index is 8.89. The predicted octanol–water partition coefficient (Wildman–Crippen LogP) is -4.09. The van der Waals surface area contributed by atoms with Crippen molar-refractivity contribution < 1.29 is 218 Å². The summed E-state index contributed by atoms with van der Waals surface area (Å²) in [6, 6.07) is 0. The fraction of sp³-hybridized carbons (Fsp3) is 0.500. The van der Waals surface area contributed by atoms with Gasteiger partial charge in [-0.3, -0.25) is 0 Å². The van der Waals surface area contributed by atoms with Crippen LogP contribution in [0.3, 0.4) is 0 Å². The molecule has 0 atom stereocenters. The van der Waals surface area contributed by atoms with E-state index in [1.807, 2.05) is 0 Å². The van der Waals surface area contributed by atoms with Crippen LogP contribution < -0.4 is 10.2 Å². The molecule has 35 heteroatoms. The molecular weight excluding hydrogens is 1150 g/mol. The topological polar surface area (TPSA) is 477 Å². The SMILES string of the molecule is CC(=O)[O-].CC(=O)[O-].O=[N+]([O-])[O-].O=[N+]([O-])[O-].O=[N+]([O-])[O-].O=[N+]([O-])[O-].O=[N+]([O-])[O-].O=[N+]([O-])[O-].[Co].[Cu].[Dy].[Fe].[Gd].[H-].[H-].[La].[Mg+2]. The number of aliphatic carboxylic acids is 2. The molecular formula is C4H8CoCuDyFeGdLaMgN6O22-8. The summed E-state index contributed by atoms with van der Waals surface area (Å²) in [6.45, 7) is 1.94. The van der Waals surface area contributed by atoms with E-state index in [2.05, 4.69) is 0 Å². The summed E-state index contributed by atoms with van der Waals surface area (Å²) in [5, 5.41) is 106. The van der Waals surface area contributed by atoms with E-state index in [1.54, 1.807) is 0 Å². The van der Waals surface area contributed by atoms with Gasteiger partial charge in [0, 0.05) is 177 Å². The Hall–Kier alpha value is 0.244. The minimum atomic E-state index is -1.75. The van der Waals surface area contributed by atoms with E-state index < -0.39 is 42.5 Å². The van der Waals surface area contributed by atoms with Crippen molar-refractivity contribution in [3.8, 4) is 0 Å². The van der Waals surface area contributed by atoms with Gasteiger partial charge in [-0.1, -0.05) is 0 Å². The fourth-order valence-corrected chi connectivity index (χ4v) is 0. The van der Waals surface area contributed by atoms with Crippen molar-refractivity contribution in [1.29, 1.82) is 0 Å². The van der Waals surface area contributed by atoms with E-state index in [0.717, 1.165) is 13.8 Å². The van der Waals surface area contributed by atoms with Crippen LogP contribution in [0.2, 0.25) is 0 Å². The number of nitrogens with zero attached hydrogens (tertiary/aromatic N) is 6. The largest absolute Gasteiger partial charge is 2.00 e. The Morgan fingerprint density at radius 3 is 0.513 bits per heavy atom. The maximum Gasteiger partial charge on any atom is 2.00 e. The number of hydrogen-bond donors (Lipinski definition) is 0. The summed E-state index contributed by atoms with van der Waals surface area (Å²) < 4.78 is 0. The minimum absolute atomic E-state index is 0. The molecule has 0 aromatic heterocycles. The van der Waals surface area contributed by atoms with Crippen LogP contribution in [0.4, 0.5) is 0 Å². The molecule has 0 bridgehead atoms. The van der Waals surface area contributed by atoms with Crippen LogP contribution in [-0.2, 0) is 60.5 Å². The van der Waals surface area contributed by atoms with E-state index in [-0.39, 0.29) is 191 Å². The van der Waals surface area contributed by atoms with Crippen molar-refractivity contribution in [2.75, 3.05) is 0 Å². The standard InChI is InChI=1S/2C2H4O2.Co.Cu.Dy.Fe.Gd.La.Mg.6NO3.2H/c2*1-2(3)4;;;;;;;;6*2-1(3)4;;/h2*1H3,(H,3,4);;;;;;;;;;;;;;;/q;;;;;;;;+2;8*-1/p-2. The van der Waals surface area contributed by atoms with Gasteiger partial charge in [-0.25, -0.2) is 0 Å². The Bertz CT molecular complexity index is 424. The third-order valence-corrected chi connectivity index (χ3v) is 0. The maximum absolute atomic E-state index is 8.89. The second kappa shape index (κ2) is 90.3. The molecule has 0 saturated carbocycles. The van der Waals surface area contributed by atoms with Gasteiger partial charge in [-0.05, 0) is 13.8 Å². The quantitative estimate of drug-likeness (QED) is 0.126. The zero-order valence-corrected chi connectivity index (χ0v) is 30.0. The number of carbonyl (C=O) groups excluding carboxylic acids is 2. The Balaban J connectivity index is -0.0000000104. The van der Waals surface area contributed by atoms with Crippen LogP contribution in [-0.4, -0.2) is 65.5 Å². The van der Waals surface area contributed by atoms with Crippen LogP contribution in [0.5, 0.6) is 0 Å². The number of carbonyl (C=O) groups is 2. The molecule has 3 radical (unpaired) electrons. The third kappa shape index (κ3) is 845000. The van der Waals surface area contributed by atoms with Gasteiger partial charge >= 0.3 is 23.1 Å². The second-order valence-corrected chi connectivity index (χ2v) is 2.32. The average Bonchev–Trinajstić information content (AvgIpc) is 2.30. The van der Waals surface area contributed by atoms with Crippen molar-refractivity contribution in [3.05, 3.63) is 91.9 Å². The van der Waals surface area contributed by atoms with Gasteiger partial charge in [0.2, 0.25) is 0 Å². The Kier molecular flexibility index (Phi) is 226. The predicted molar refractivity (Wildman–Crippen MR) is 91.5 cm³/mol. The molecule has 0 spiro atoms. The van der Waals surface area contributed by atoms with E-state index in [4.69, 9.17) is 112 Å². The molecule has 0 aromatic carbocycles. The van der Waals surface area contributed by atoms with E-state index in [1.165, 1.54) is 0 Å². The second-order valence-electron chi connectivity index (χ2n) is 2.32. The van der Waals surface area contributed by atoms with E-state index in [0.29, 0.717) is 0 Å². The summed E-state index contributed by atoms with van der Waals surface area (Å²) in [5.74, 6) is -2.17. The molecule has 0 N–H and O–H groups in total. The fourth-order valence-electron chi connectivity index (χ4n) is 0. The van der Waals surface area contributed by atoms with Crippen molar-refractivity contribution in [2.24, 2.45) is 0 Å². The van der Waals surface area contributed by atoms with Crippen molar-refractivity contribution in [1.82, 2.24) is 0 Å². The summed E-state index contributed by atoms with van der Waals surface area (Å²) in [5.41, 5.74) is 0. The van der Waals surface area contributed by atoms with Gasteiger partial charge in [-0.2, -0.15) is 0 Å². The Morgan fingerprint density at radius 1 is 0.513 bits per heavy atom. The van der Waals surface area contributed by atoms with Gasteiger partial charge in [0.25, 0.3) is 0 Å². The molecule has 0 heterocycles. The number of hydrogen-bond acceptors (Lipinski definition) is 22. The first-order chi connectivity index (χ1) is 13.9. The van der Waals surface area contributed by atoms with Gasteiger partial charge in [0.1, 0.15) is 0 Å². The molecule has 39 heavy (non-hydrogen) atoms. The first-order valence-corrected chi connectivity index (χ1v) is 5.10. The number of carboxylic acid groups (broad SMARTS) is 2. The molecule has 28 nitrogen and oxygen atoms in total. The molecule has 0 rings (SSSR count). The van der Waals surface area contributed by atoms with Crippen LogP contribution in [0.25, 0.3) is 0 Å². The molecule has 0 saturated heterocycles. The van der Waals surface area contributed by atoms with Crippen LogP contribution in [0.15, 0.2) is 0 Å². The summed E-state index contributed by atoms with van der Waals surface area (Å²) in [4.78, 5) is 67.3. The minimum Gasteiger partial charge on any atom is -1.00 e. The average molecular weight is 1150 g/mol. The van der Waals surface area contributed by atoms with Crippen molar-refractivity contribution >= 4 is 35.0 Å². The molecule has 0 amide bonds. The van der Waals surface area contributed by atoms with Gasteiger partial charge in [-0.15, -0.1) is 0 Å². The Morgan fingerprint density at radius 2 is 0.513 bits per heavy atom. The van der Waals surface area contributed by atoms with Crippen molar-refractivity contribution in [2.45, 2.75) is 13.8 Å². The first-order valence-electron chi connectivity index (χ1n) is 5.10. The Labute approximate surface area is 353 Å². The summed E-state index contributed by atoms with van der Waals surface area (Å²) >= 11 is 0. The molecule has 0 aliphatic carbocycles. The third-order valence-electron chi connectivity index (χ3n) is 0. The zero-order chi connectivity index (χ0) is 28.6. The van der Waals surface area contributed by atoms with Gasteiger partial charge in [0.15, 0.2) is 0 Å². The van der Waals surface area contributed by atoms with Crippen molar-refractivity contribution in [3.63, 3.8) is 0 Å². The molecule has 0 aliphatic heterocycles. The van der Waals surface area contributed by atoms with Crippen LogP contribution in [0, 0.1) is 206 Å². The van der Waals surface area contributed by atoms with Gasteiger partial charge < -0.3 is 115 Å². The normalized spacial score (nSPS) is 4.97. The molecule has 0 aromatic rings. The van der Waals surface area contributed by atoms with E-state index >= 15 is 0 Å². The molecule has 0 aliphatic rings. The smallest absolute Gasteiger partial charge is 1.00 e. The number of carboxylic acids is 2. The summed E-state index contributed by atoms with van der Waals surface area (Å²) in [6.07, 6.45) is 0. The monoisotopic (exact) mass is 1150 g/mol. The van der Waals surface area contributed by atoms with Crippen LogP contribution in [0.1, 0.15) is 16.7 Å². The molecule has 0 unspecified atom stereocenters. The number of rotatable bonds is 0. The van der Waals surface area contributed by atoms with Crippen LogP contribution >= 0.6 is 0 Å². The zero-order valence-electron chi connectivity index (χ0n) is 19.6. The molecule has 0 fully saturated rings. The first kappa shape index (κ1) is 97.7. The van der Waals surface area contributed by atoms with E-state index in [9.17, 15) is 0 Å². The summed E-state index contributed by atoms with van der Waals surface area (Å²) in [7, 11) is 0.